The molecule has 5 rings (SSSR count). The second-order valence-corrected chi connectivity index (χ2v) is 8.00. The number of benzene rings is 3. The van der Waals surface area contributed by atoms with Crippen molar-refractivity contribution in [1.29, 1.82) is 0 Å². The summed E-state index contributed by atoms with van der Waals surface area (Å²) in [6.07, 6.45) is 1.92. The highest BCUT2D eigenvalue weighted by Gasteiger charge is 2.17. The molecule has 0 spiro atoms. The first kappa shape index (κ1) is 22.9. The zero-order chi connectivity index (χ0) is 24.9. The van der Waals surface area contributed by atoms with Crippen LogP contribution in [0.1, 0.15) is 16.1 Å². The van der Waals surface area contributed by atoms with Crippen LogP contribution in [-0.2, 0) is 6.54 Å². The average Bonchev–Trinajstić information content (AvgIpc) is 3.61. The molecule has 3 aromatic carbocycles. The zero-order valence-electron chi connectivity index (χ0n) is 19.8. The lowest BCUT2D eigenvalue weighted by molar-refractivity contribution is 0.0942. The highest BCUT2D eigenvalue weighted by Crippen LogP contribution is 2.26. The number of para-hydroxylation sites is 1. The molecule has 8 heteroatoms. The van der Waals surface area contributed by atoms with Crippen LogP contribution in [0.2, 0.25) is 0 Å². The number of carbonyl (C=O) groups excluding carboxylic acids is 1. The lowest BCUT2D eigenvalue weighted by Crippen LogP contribution is -2.23. The first-order valence-corrected chi connectivity index (χ1v) is 11.3. The second-order valence-electron chi connectivity index (χ2n) is 8.00. The molecule has 1 amide bonds. The standard InChI is InChI=1S/C28H24N4O4/c1-34-23-12-8-19(9-13-23)26-16-25(31-36-26)28(33)29-17-21-18-32(22-6-4-3-5-7-22)30-27(21)20-10-14-24(35-2)15-11-20/h3-16,18H,17H2,1-2H3,(H,29,33). The van der Waals surface area contributed by atoms with E-state index in [1.54, 1.807) is 25.0 Å². The predicted molar refractivity (Wildman–Crippen MR) is 135 cm³/mol. The van der Waals surface area contributed by atoms with Crippen LogP contribution in [0.15, 0.2) is 95.6 Å². The summed E-state index contributed by atoms with van der Waals surface area (Å²) in [4.78, 5) is 12.9. The van der Waals surface area contributed by atoms with Gasteiger partial charge in [-0.15, -0.1) is 0 Å². The monoisotopic (exact) mass is 480 g/mol. The van der Waals surface area contributed by atoms with Crippen LogP contribution in [0.4, 0.5) is 0 Å². The van der Waals surface area contributed by atoms with Crippen molar-refractivity contribution < 1.29 is 18.8 Å². The van der Waals surface area contributed by atoms with Gasteiger partial charge in [0.2, 0.25) is 0 Å². The summed E-state index contributed by atoms with van der Waals surface area (Å²) in [5.41, 5.74) is 4.45. The third kappa shape index (κ3) is 4.83. The lowest BCUT2D eigenvalue weighted by Gasteiger charge is -2.05. The number of hydrogen-bond donors (Lipinski definition) is 1. The fraction of sp³-hybridized carbons (Fsp3) is 0.107. The number of nitrogens with zero attached hydrogens (tertiary/aromatic N) is 3. The van der Waals surface area contributed by atoms with E-state index >= 15 is 0 Å². The summed E-state index contributed by atoms with van der Waals surface area (Å²) < 4.78 is 17.7. The molecule has 1 N–H and O–H groups in total. The summed E-state index contributed by atoms with van der Waals surface area (Å²) in [7, 11) is 3.24. The van der Waals surface area contributed by atoms with Crippen molar-refractivity contribution in [3.8, 4) is 39.8 Å². The Morgan fingerprint density at radius 1 is 0.889 bits per heavy atom. The van der Waals surface area contributed by atoms with E-state index < -0.39 is 0 Å². The molecular formula is C28H24N4O4. The Hall–Kier alpha value is -4.85. The van der Waals surface area contributed by atoms with Crippen LogP contribution in [0.25, 0.3) is 28.3 Å². The Morgan fingerprint density at radius 2 is 1.53 bits per heavy atom. The van der Waals surface area contributed by atoms with Crippen molar-refractivity contribution in [2.24, 2.45) is 0 Å². The molecule has 0 bridgehead atoms. The molecule has 8 nitrogen and oxygen atoms in total. The third-order valence-electron chi connectivity index (χ3n) is 5.73. The first-order chi connectivity index (χ1) is 17.6. The number of carbonyl (C=O) groups is 1. The molecule has 180 valence electrons. The van der Waals surface area contributed by atoms with Gasteiger partial charge in [-0.2, -0.15) is 5.10 Å². The SMILES string of the molecule is COc1ccc(-c2cc(C(=O)NCc3cn(-c4ccccc4)nc3-c3ccc(OC)cc3)no2)cc1. The molecule has 0 aliphatic heterocycles. The summed E-state index contributed by atoms with van der Waals surface area (Å²) >= 11 is 0. The summed E-state index contributed by atoms with van der Waals surface area (Å²) in [6.45, 7) is 0.262. The second kappa shape index (κ2) is 10.2. The van der Waals surface area contributed by atoms with Crippen LogP contribution in [0.3, 0.4) is 0 Å². The van der Waals surface area contributed by atoms with Crippen LogP contribution in [0.5, 0.6) is 11.5 Å². The summed E-state index contributed by atoms with van der Waals surface area (Å²) in [5, 5.41) is 11.7. The summed E-state index contributed by atoms with van der Waals surface area (Å²) in [6, 6.07) is 26.4. The van der Waals surface area contributed by atoms with Crippen LogP contribution >= 0.6 is 0 Å². The van der Waals surface area contributed by atoms with E-state index in [-0.39, 0.29) is 18.1 Å². The van der Waals surface area contributed by atoms with Crippen molar-refractivity contribution in [3.63, 3.8) is 0 Å². The van der Waals surface area contributed by atoms with Gasteiger partial charge in [-0.05, 0) is 60.7 Å². The number of amides is 1. The molecule has 2 heterocycles. The fourth-order valence-electron chi connectivity index (χ4n) is 3.78. The molecule has 0 aliphatic carbocycles. The number of hydrogen-bond acceptors (Lipinski definition) is 6. The molecule has 0 saturated carbocycles. The minimum absolute atomic E-state index is 0.197. The number of ether oxygens (including phenoxy) is 2. The maximum atomic E-state index is 12.9. The van der Waals surface area contributed by atoms with Crippen molar-refractivity contribution >= 4 is 5.91 Å². The largest absolute Gasteiger partial charge is 0.497 e. The van der Waals surface area contributed by atoms with Crippen LogP contribution < -0.4 is 14.8 Å². The van der Waals surface area contributed by atoms with Gasteiger partial charge in [0.1, 0.15) is 11.5 Å². The van der Waals surface area contributed by atoms with Gasteiger partial charge in [-0.1, -0.05) is 23.4 Å². The molecule has 36 heavy (non-hydrogen) atoms. The molecule has 5 aromatic rings. The Kier molecular flexibility index (Phi) is 6.48. The van der Waals surface area contributed by atoms with E-state index in [1.165, 1.54) is 0 Å². The normalized spacial score (nSPS) is 10.7. The van der Waals surface area contributed by atoms with E-state index in [4.69, 9.17) is 19.1 Å². The Labute approximate surface area is 208 Å². The third-order valence-corrected chi connectivity index (χ3v) is 5.73. The molecule has 0 radical (unpaired) electrons. The highest BCUT2D eigenvalue weighted by molar-refractivity contribution is 5.93. The maximum Gasteiger partial charge on any atom is 0.273 e. The van der Waals surface area contributed by atoms with E-state index in [2.05, 4.69) is 10.5 Å². The minimum atomic E-state index is -0.341. The van der Waals surface area contributed by atoms with E-state index in [0.29, 0.717) is 5.76 Å². The molecule has 0 atom stereocenters. The lowest BCUT2D eigenvalue weighted by atomic mass is 10.1. The van der Waals surface area contributed by atoms with E-state index in [1.807, 2.05) is 85.1 Å². The fourth-order valence-corrected chi connectivity index (χ4v) is 3.78. The Bertz CT molecular complexity index is 1460. The number of nitrogens with one attached hydrogen (secondary N) is 1. The minimum Gasteiger partial charge on any atom is -0.497 e. The maximum absolute atomic E-state index is 12.9. The Balaban J connectivity index is 1.37. The molecule has 2 aromatic heterocycles. The van der Waals surface area contributed by atoms with Gasteiger partial charge in [0.15, 0.2) is 11.5 Å². The van der Waals surface area contributed by atoms with Gasteiger partial charge in [0.25, 0.3) is 5.91 Å². The first-order valence-electron chi connectivity index (χ1n) is 11.3. The highest BCUT2D eigenvalue weighted by atomic mass is 16.5. The van der Waals surface area contributed by atoms with Crippen molar-refractivity contribution in [1.82, 2.24) is 20.3 Å². The van der Waals surface area contributed by atoms with Crippen LogP contribution in [-0.4, -0.2) is 35.1 Å². The quantitative estimate of drug-likeness (QED) is 0.331. The van der Waals surface area contributed by atoms with Crippen LogP contribution in [0, 0.1) is 0 Å². The van der Waals surface area contributed by atoms with E-state index in [0.717, 1.165) is 39.6 Å². The zero-order valence-corrected chi connectivity index (χ0v) is 19.8. The predicted octanol–water partition coefficient (Wildman–Crippen LogP) is 5.14. The van der Waals surface area contributed by atoms with Gasteiger partial charge >= 0.3 is 0 Å². The molecular weight excluding hydrogens is 456 g/mol. The Morgan fingerprint density at radius 3 is 2.17 bits per heavy atom. The van der Waals surface area contributed by atoms with Gasteiger partial charge in [-0.3, -0.25) is 4.79 Å². The molecule has 0 unspecified atom stereocenters. The van der Waals surface area contributed by atoms with Gasteiger partial charge in [0.05, 0.1) is 25.6 Å². The number of methoxy groups -OCH3 is 2. The van der Waals surface area contributed by atoms with Crippen molar-refractivity contribution in [2.45, 2.75) is 6.54 Å². The number of rotatable bonds is 8. The van der Waals surface area contributed by atoms with E-state index in [9.17, 15) is 4.79 Å². The van der Waals surface area contributed by atoms with Crippen molar-refractivity contribution in [2.75, 3.05) is 14.2 Å². The van der Waals surface area contributed by atoms with Gasteiger partial charge < -0.3 is 19.3 Å². The number of aromatic nitrogens is 3. The smallest absolute Gasteiger partial charge is 0.273 e. The summed E-state index contributed by atoms with van der Waals surface area (Å²) in [5.74, 6) is 1.65. The topological polar surface area (TPSA) is 91.4 Å². The molecule has 0 aliphatic rings. The van der Waals surface area contributed by atoms with Crippen molar-refractivity contribution in [3.05, 3.63) is 102 Å². The van der Waals surface area contributed by atoms with Gasteiger partial charge in [-0.25, -0.2) is 4.68 Å². The molecule has 0 fully saturated rings. The van der Waals surface area contributed by atoms with Gasteiger partial charge in [0, 0.05) is 35.5 Å². The average molecular weight is 481 g/mol. The molecule has 0 saturated heterocycles.